The van der Waals surface area contributed by atoms with E-state index in [4.69, 9.17) is 5.73 Å². The summed E-state index contributed by atoms with van der Waals surface area (Å²) in [5.41, 5.74) is 8.22. The first-order chi connectivity index (χ1) is 9.18. The molecule has 1 heterocycles. The third-order valence-corrected chi connectivity index (χ3v) is 3.87. The molecule has 4 heteroatoms. The molecule has 0 spiro atoms. The zero-order valence-corrected chi connectivity index (χ0v) is 13.0. The Kier molecular flexibility index (Phi) is 7.03. The molecule has 0 bridgehead atoms. The highest BCUT2D eigenvalue weighted by atomic mass is 35.5. The lowest BCUT2D eigenvalue weighted by Gasteiger charge is -2.27. The number of nitrogens with zero attached hydrogens (tertiary/aromatic N) is 1. The first-order valence-electron chi connectivity index (χ1n) is 7.29. The number of likely N-dealkylation sites (tertiary alicyclic amines) is 1. The van der Waals surface area contributed by atoms with Crippen LogP contribution in [0.15, 0.2) is 24.3 Å². The molecule has 1 aliphatic heterocycles. The Labute approximate surface area is 127 Å². The van der Waals surface area contributed by atoms with Crippen LogP contribution in [0, 0.1) is 6.92 Å². The number of carbonyl (C=O) groups excluding carboxylic acids is 1. The van der Waals surface area contributed by atoms with E-state index in [-0.39, 0.29) is 18.3 Å². The van der Waals surface area contributed by atoms with Gasteiger partial charge in [0, 0.05) is 13.1 Å². The van der Waals surface area contributed by atoms with E-state index in [1.165, 1.54) is 24.8 Å². The molecular formula is C16H25ClN2O. The minimum atomic E-state index is -0.514. The summed E-state index contributed by atoms with van der Waals surface area (Å²) in [6.07, 6.45) is 5.96. The summed E-state index contributed by atoms with van der Waals surface area (Å²) in [5, 5.41) is 0. The van der Waals surface area contributed by atoms with Crippen molar-refractivity contribution in [2.75, 3.05) is 13.1 Å². The quantitative estimate of drug-likeness (QED) is 0.911. The molecule has 0 aliphatic carbocycles. The van der Waals surface area contributed by atoms with Gasteiger partial charge >= 0.3 is 0 Å². The maximum atomic E-state index is 12.4. The lowest BCUT2D eigenvalue weighted by molar-refractivity contribution is -0.133. The van der Waals surface area contributed by atoms with Crippen molar-refractivity contribution >= 4 is 18.3 Å². The Morgan fingerprint density at radius 2 is 1.55 bits per heavy atom. The van der Waals surface area contributed by atoms with E-state index in [1.807, 2.05) is 36.1 Å². The van der Waals surface area contributed by atoms with Gasteiger partial charge in [0.1, 0.15) is 6.04 Å². The van der Waals surface area contributed by atoms with Crippen LogP contribution in [0.5, 0.6) is 0 Å². The Morgan fingerprint density at radius 1 is 1.05 bits per heavy atom. The summed E-state index contributed by atoms with van der Waals surface area (Å²) in [5.74, 6) is 0.0748. The van der Waals surface area contributed by atoms with Gasteiger partial charge in [-0.05, 0) is 25.3 Å². The molecule has 20 heavy (non-hydrogen) atoms. The average molecular weight is 297 g/mol. The molecule has 0 radical (unpaired) electrons. The Morgan fingerprint density at radius 3 is 2.10 bits per heavy atom. The molecule has 1 atom stereocenters. The van der Waals surface area contributed by atoms with E-state index < -0.39 is 6.04 Å². The maximum Gasteiger partial charge on any atom is 0.244 e. The molecule has 1 aromatic rings. The third kappa shape index (κ3) is 4.50. The monoisotopic (exact) mass is 296 g/mol. The summed E-state index contributed by atoms with van der Waals surface area (Å²) in [6, 6.07) is 7.43. The third-order valence-electron chi connectivity index (χ3n) is 3.87. The summed E-state index contributed by atoms with van der Waals surface area (Å²) < 4.78 is 0. The van der Waals surface area contributed by atoms with Gasteiger partial charge in [-0.15, -0.1) is 12.4 Å². The lowest BCUT2D eigenvalue weighted by atomic mass is 10.0. The van der Waals surface area contributed by atoms with Crippen molar-refractivity contribution in [3.63, 3.8) is 0 Å². The fraction of sp³-hybridized carbons (Fsp3) is 0.562. The molecule has 0 aromatic heterocycles. The van der Waals surface area contributed by atoms with Gasteiger partial charge in [0.2, 0.25) is 5.91 Å². The van der Waals surface area contributed by atoms with E-state index in [2.05, 4.69) is 0 Å². The van der Waals surface area contributed by atoms with Crippen LogP contribution >= 0.6 is 12.4 Å². The Hall–Kier alpha value is -1.06. The van der Waals surface area contributed by atoms with Crippen LogP contribution in [-0.4, -0.2) is 23.9 Å². The van der Waals surface area contributed by atoms with Gasteiger partial charge in [-0.2, -0.15) is 0 Å². The van der Waals surface area contributed by atoms with Crippen LogP contribution in [0.2, 0.25) is 0 Å². The van der Waals surface area contributed by atoms with E-state index in [0.29, 0.717) is 0 Å². The second kappa shape index (κ2) is 8.28. The van der Waals surface area contributed by atoms with Crippen LogP contribution in [0.1, 0.15) is 49.3 Å². The summed E-state index contributed by atoms with van der Waals surface area (Å²) in [7, 11) is 0. The van der Waals surface area contributed by atoms with Crippen LogP contribution in [-0.2, 0) is 4.79 Å². The lowest BCUT2D eigenvalue weighted by Crippen LogP contribution is -2.40. The number of hydrogen-bond donors (Lipinski definition) is 1. The van der Waals surface area contributed by atoms with Crippen molar-refractivity contribution in [2.24, 2.45) is 5.73 Å². The molecule has 0 saturated carbocycles. The molecule has 1 amide bonds. The highest BCUT2D eigenvalue weighted by molar-refractivity contribution is 5.85. The fourth-order valence-corrected chi connectivity index (χ4v) is 2.58. The number of rotatable bonds is 2. The van der Waals surface area contributed by atoms with Gasteiger partial charge in [-0.25, -0.2) is 0 Å². The molecule has 112 valence electrons. The molecule has 1 aliphatic rings. The summed E-state index contributed by atoms with van der Waals surface area (Å²) >= 11 is 0. The predicted octanol–water partition coefficient (Wildman–Crippen LogP) is 3.21. The van der Waals surface area contributed by atoms with Gasteiger partial charge in [-0.1, -0.05) is 49.1 Å². The number of halogens is 1. The minimum Gasteiger partial charge on any atom is -0.341 e. The van der Waals surface area contributed by atoms with E-state index in [9.17, 15) is 4.79 Å². The minimum absolute atomic E-state index is 0. The SMILES string of the molecule is Cc1ccc(C(N)C(=O)N2CCCCCCC2)cc1.Cl. The van der Waals surface area contributed by atoms with Gasteiger partial charge < -0.3 is 10.6 Å². The Balaban J connectivity index is 0.00000200. The molecule has 1 aromatic carbocycles. The van der Waals surface area contributed by atoms with Crippen molar-refractivity contribution in [2.45, 2.75) is 45.1 Å². The van der Waals surface area contributed by atoms with Crippen molar-refractivity contribution in [3.05, 3.63) is 35.4 Å². The average Bonchev–Trinajstić information content (AvgIpc) is 2.38. The molecule has 1 unspecified atom stereocenters. The number of aryl methyl sites for hydroxylation is 1. The van der Waals surface area contributed by atoms with Crippen molar-refractivity contribution in [3.8, 4) is 0 Å². The van der Waals surface area contributed by atoms with Gasteiger partial charge in [0.15, 0.2) is 0 Å². The molecule has 2 N–H and O–H groups in total. The van der Waals surface area contributed by atoms with Crippen molar-refractivity contribution < 1.29 is 4.79 Å². The van der Waals surface area contributed by atoms with Gasteiger partial charge in [0.25, 0.3) is 0 Å². The van der Waals surface area contributed by atoms with Crippen LogP contribution in [0.3, 0.4) is 0 Å². The highest BCUT2D eigenvalue weighted by Gasteiger charge is 2.22. The summed E-state index contributed by atoms with van der Waals surface area (Å²) in [6.45, 7) is 3.76. The number of benzene rings is 1. The zero-order valence-electron chi connectivity index (χ0n) is 12.2. The molecule has 2 rings (SSSR count). The van der Waals surface area contributed by atoms with E-state index >= 15 is 0 Å². The second-order valence-electron chi connectivity index (χ2n) is 5.48. The number of amides is 1. The number of carbonyl (C=O) groups is 1. The van der Waals surface area contributed by atoms with Crippen LogP contribution < -0.4 is 5.73 Å². The molecule has 1 saturated heterocycles. The smallest absolute Gasteiger partial charge is 0.244 e. The van der Waals surface area contributed by atoms with Crippen LogP contribution in [0.4, 0.5) is 0 Å². The van der Waals surface area contributed by atoms with Crippen molar-refractivity contribution in [1.29, 1.82) is 0 Å². The van der Waals surface area contributed by atoms with Gasteiger partial charge in [-0.3, -0.25) is 4.79 Å². The van der Waals surface area contributed by atoms with Crippen molar-refractivity contribution in [1.82, 2.24) is 4.90 Å². The number of hydrogen-bond acceptors (Lipinski definition) is 2. The largest absolute Gasteiger partial charge is 0.341 e. The fourth-order valence-electron chi connectivity index (χ4n) is 2.58. The summed E-state index contributed by atoms with van der Waals surface area (Å²) in [4.78, 5) is 14.4. The normalized spacial score (nSPS) is 17.6. The molecule has 3 nitrogen and oxygen atoms in total. The first kappa shape index (κ1) is 17.0. The first-order valence-corrected chi connectivity index (χ1v) is 7.29. The Bertz CT molecular complexity index is 411. The standard InChI is InChI=1S/C16H24N2O.ClH/c1-13-7-9-14(10-8-13)15(17)16(19)18-11-5-3-2-4-6-12-18;/h7-10,15H,2-6,11-12,17H2,1H3;1H. The predicted molar refractivity (Wildman–Crippen MR) is 85.0 cm³/mol. The molecule has 1 fully saturated rings. The number of nitrogens with two attached hydrogens (primary N) is 1. The van der Waals surface area contributed by atoms with Gasteiger partial charge in [0.05, 0.1) is 0 Å². The topological polar surface area (TPSA) is 46.3 Å². The highest BCUT2D eigenvalue weighted by Crippen LogP contribution is 2.17. The van der Waals surface area contributed by atoms with E-state index in [0.717, 1.165) is 31.5 Å². The van der Waals surface area contributed by atoms with Crippen LogP contribution in [0.25, 0.3) is 0 Å². The second-order valence-corrected chi connectivity index (χ2v) is 5.48. The molecular weight excluding hydrogens is 272 g/mol. The van der Waals surface area contributed by atoms with E-state index in [1.54, 1.807) is 0 Å². The zero-order chi connectivity index (χ0) is 13.7. The maximum absolute atomic E-state index is 12.4.